The van der Waals surface area contributed by atoms with E-state index in [1.165, 1.54) is 0 Å². The van der Waals surface area contributed by atoms with Crippen LogP contribution in [0.4, 0.5) is 0 Å². The van der Waals surface area contributed by atoms with Crippen LogP contribution in [0.25, 0.3) is 0 Å². The summed E-state index contributed by atoms with van der Waals surface area (Å²) in [5.74, 6) is 0. The van der Waals surface area contributed by atoms with E-state index < -0.39 is 7.82 Å². The Morgan fingerprint density at radius 1 is 1.22 bits per heavy atom. The van der Waals surface area contributed by atoms with Crippen molar-refractivity contribution in [2.24, 2.45) is 0 Å². The standard InChI is InChI=1S/Ca.H3O4P.2O.Zr/c;1-5(2,3)4;;;/h;(H3,1,2,3,4);;;/q+2;;2*-2;+4/p-2. The summed E-state index contributed by atoms with van der Waals surface area (Å²) in [6.07, 6.45) is 0. The molecule has 0 aromatic carbocycles. The van der Waals surface area contributed by atoms with Crippen LogP contribution < -0.4 is 9.79 Å². The summed E-state index contributed by atoms with van der Waals surface area (Å²) in [6.45, 7) is 0. The van der Waals surface area contributed by atoms with Gasteiger partial charge in [0.05, 0.1) is 7.82 Å². The van der Waals surface area contributed by atoms with E-state index in [4.69, 9.17) is 19.2 Å². The molecule has 0 atom stereocenters. The van der Waals surface area contributed by atoms with Crippen molar-refractivity contribution < 1.29 is 56.4 Å². The Labute approximate surface area is 101 Å². The average molecular weight is 259 g/mol. The third-order valence-corrected chi connectivity index (χ3v) is 0. The van der Waals surface area contributed by atoms with Gasteiger partial charge in [-0.05, 0) is 0 Å². The Balaban J connectivity index is -0.0000000133. The van der Waals surface area contributed by atoms with Gasteiger partial charge in [-0.1, -0.05) is 0 Å². The third-order valence-electron chi connectivity index (χ3n) is 0. The SMILES string of the molecule is O=P([O-])([O-])O.[Ca+2].[O-2].[O-2].[Zr+4]. The minimum Gasteiger partial charge on any atom is -2.00 e. The maximum atomic E-state index is 8.66. The van der Waals surface area contributed by atoms with Crippen LogP contribution in [0.2, 0.25) is 0 Å². The van der Waals surface area contributed by atoms with Gasteiger partial charge in [-0.25, -0.2) is 0 Å². The van der Waals surface area contributed by atoms with Gasteiger partial charge in [-0.15, -0.1) is 0 Å². The van der Waals surface area contributed by atoms with Crippen molar-refractivity contribution in [1.82, 2.24) is 0 Å². The summed E-state index contributed by atoms with van der Waals surface area (Å²) in [6, 6.07) is 0. The minimum atomic E-state index is -5.14. The summed E-state index contributed by atoms with van der Waals surface area (Å²) in [7, 11) is -5.14. The smallest absolute Gasteiger partial charge is 2.00 e. The maximum absolute atomic E-state index is 8.66. The molecule has 0 amide bonds. The molecule has 0 fully saturated rings. The molecule has 0 saturated heterocycles. The molecule has 0 rings (SSSR count). The topological polar surface area (TPSA) is 140 Å². The van der Waals surface area contributed by atoms with Crippen LogP contribution in [0.3, 0.4) is 0 Å². The predicted molar refractivity (Wildman–Crippen MR) is 17.0 cm³/mol. The van der Waals surface area contributed by atoms with E-state index in [9.17, 15) is 0 Å². The van der Waals surface area contributed by atoms with E-state index in [-0.39, 0.29) is 74.9 Å². The molecule has 0 aromatic rings. The molecular formula is HCaO6PZr. The first kappa shape index (κ1) is 30.3. The summed E-state index contributed by atoms with van der Waals surface area (Å²) < 4.78 is 8.66. The van der Waals surface area contributed by atoms with Gasteiger partial charge >= 0.3 is 63.9 Å². The van der Waals surface area contributed by atoms with Gasteiger partial charge in [0.2, 0.25) is 0 Å². The average Bonchev–Trinajstić information content (AvgIpc) is 0.722. The summed E-state index contributed by atoms with van der Waals surface area (Å²) in [4.78, 5) is 24.3. The van der Waals surface area contributed by atoms with Crippen molar-refractivity contribution in [3.05, 3.63) is 0 Å². The second kappa shape index (κ2) is 12.8. The van der Waals surface area contributed by atoms with Crippen LogP contribution in [0.5, 0.6) is 0 Å². The summed E-state index contributed by atoms with van der Waals surface area (Å²) >= 11 is 0. The molecule has 0 saturated carbocycles. The molecule has 9 heteroatoms. The molecule has 9 heavy (non-hydrogen) atoms. The molecule has 0 aliphatic carbocycles. The van der Waals surface area contributed by atoms with Gasteiger partial charge in [0.15, 0.2) is 0 Å². The van der Waals surface area contributed by atoms with E-state index in [2.05, 4.69) is 0 Å². The van der Waals surface area contributed by atoms with Gasteiger partial charge in [-0.2, -0.15) is 0 Å². The molecule has 0 spiro atoms. The van der Waals surface area contributed by atoms with Gasteiger partial charge in [0.25, 0.3) is 0 Å². The number of phosphoric acid groups is 1. The second-order valence-corrected chi connectivity index (χ2v) is 1.41. The van der Waals surface area contributed by atoms with E-state index in [0.717, 1.165) is 0 Å². The predicted octanol–water partition coefficient (Wildman–Crippen LogP) is -2.81. The monoisotopic (exact) mass is 258 g/mol. The first-order valence-corrected chi connectivity index (χ1v) is 2.24. The fraction of sp³-hybridized carbons (Fsp3) is 0. The van der Waals surface area contributed by atoms with Crippen LogP contribution in [-0.2, 0) is 41.7 Å². The fourth-order valence-corrected chi connectivity index (χ4v) is 0. The Morgan fingerprint density at radius 2 is 1.22 bits per heavy atom. The summed E-state index contributed by atoms with van der Waals surface area (Å²) in [5.41, 5.74) is 0. The molecule has 1 N–H and O–H groups in total. The van der Waals surface area contributed by atoms with Gasteiger partial charge in [0.1, 0.15) is 0 Å². The molecule has 0 bridgehead atoms. The zero-order valence-electron chi connectivity index (χ0n) is 4.14. The van der Waals surface area contributed by atoms with Crippen LogP contribution >= 0.6 is 7.82 Å². The largest absolute Gasteiger partial charge is 4.00 e. The van der Waals surface area contributed by atoms with E-state index in [1.807, 2.05) is 0 Å². The van der Waals surface area contributed by atoms with Crippen molar-refractivity contribution in [3.63, 3.8) is 0 Å². The molecular weight excluding hydrogens is 258 g/mol. The molecule has 0 aromatic heterocycles. The van der Waals surface area contributed by atoms with Crippen LogP contribution in [-0.4, -0.2) is 42.6 Å². The molecule has 0 unspecified atom stereocenters. The van der Waals surface area contributed by atoms with Crippen molar-refractivity contribution in [1.29, 1.82) is 0 Å². The Kier molecular flexibility index (Phi) is 43.2. The third kappa shape index (κ3) is 144. The zero-order chi connectivity index (χ0) is 4.50. The first-order chi connectivity index (χ1) is 2.00. The van der Waals surface area contributed by atoms with Crippen molar-refractivity contribution in [3.8, 4) is 0 Å². The van der Waals surface area contributed by atoms with Gasteiger partial charge < -0.3 is 30.2 Å². The van der Waals surface area contributed by atoms with E-state index >= 15 is 0 Å². The van der Waals surface area contributed by atoms with Crippen LogP contribution in [0.15, 0.2) is 0 Å². The Bertz CT molecular complexity index is 59.2. The number of hydrogen-bond acceptors (Lipinski definition) is 3. The molecule has 6 nitrogen and oxygen atoms in total. The molecule has 48 valence electrons. The van der Waals surface area contributed by atoms with Gasteiger partial charge in [0, 0.05) is 0 Å². The fourth-order valence-electron chi connectivity index (χ4n) is 0. The van der Waals surface area contributed by atoms with Gasteiger partial charge in [-0.3, -0.25) is 0 Å². The zero-order valence-corrected chi connectivity index (χ0v) is 9.70. The van der Waals surface area contributed by atoms with Crippen molar-refractivity contribution in [2.75, 3.05) is 0 Å². The molecule has 0 aliphatic rings. The number of hydrogen-bond donors (Lipinski definition) is 1. The molecule has 0 radical (unpaired) electrons. The minimum absolute atomic E-state index is 0. The first-order valence-electron chi connectivity index (χ1n) is 0.748. The van der Waals surface area contributed by atoms with Crippen molar-refractivity contribution >= 4 is 45.6 Å². The van der Waals surface area contributed by atoms with Crippen molar-refractivity contribution in [2.45, 2.75) is 0 Å². The maximum Gasteiger partial charge on any atom is 4.00 e. The molecule has 0 aliphatic heterocycles. The second-order valence-electron chi connectivity index (χ2n) is 0.469. The normalized spacial score (nSPS) is 6.56. The Morgan fingerprint density at radius 3 is 1.22 bits per heavy atom. The van der Waals surface area contributed by atoms with E-state index in [0.29, 0.717) is 0 Å². The summed E-state index contributed by atoms with van der Waals surface area (Å²) in [5, 5.41) is 0. The quantitative estimate of drug-likeness (QED) is 0.370. The van der Waals surface area contributed by atoms with E-state index in [1.54, 1.807) is 0 Å². The number of rotatable bonds is 0. The van der Waals surface area contributed by atoms with Crippen LogP contribution in [0.1, 0.15) is 0 Å². The molecule has 0 heterocycles. The van der Waals surface area contributed by atoms with Crippen LogP contribution in [0, 0.1) is 0 Å². The Hall–Kier alpha value is 2.17.